The number of sulfone groups is 1. The first-order chi connectivity index (χ1) is 9.80. The Kier molecular flexibility index (Phi) is 4.67. The Balaban J connectivity index is 1.87. The molecule has 1 aliphatic rings. The van der Waals surface area contributed by atoms with E-state index in [1.54, 1.807) is 18.4 Å². The lowest BCUT2D eigenvalue weighted by atomic mass is 10.2. The van der Waals surface area contributed by atoms with Crippen molar-refractivity contribution in [2.75, 3.05) is 25.2 Å². The molecule has 21 heavy (non-hydrogen) atoms. The Labute approximate surface area is 127 Å². The maximum atomic E-state index is 12.0. The second-order valence-corrected chi connectivity index (χ2v) is 8.22. The summed E-state index contributed by atoms with van der Waals surface area (Å²) in [5.41, 5.74) is 0.813. The third kappa shape index (κ3) is 3.82. The van der Waals surface area contributed by atoms with Crippen molar-refractivity contribution in [1.82, 2.24) is 4.90 Å². The average molecular weight is 331 g/mol. The number of carbonyl (C=O) groups excluding carboxylic acids is 2. The van der Waals surface area contributed by atoms with Crippen LogP contribution in [0.1, 0.15) is 21.7 Å². The first-order valence-electron chi connectivity index (χ1n) is 6.47. The molecule has 0 N–H and O–H groups in total. The topological polar surface area (TPSA) is 80.8 Å². The number of carbonyl (C=O) groups is 2. The third-order valence-electron chi connectivity index (χ3n) is 3.52. The van der Waals surface area contributed by atoms with Crippen molar-refractivity contribution in [1.29, 1.82) is 0 Å². The first kappa shape index (κ1) is 16.0. The smallest absolute Gasteiger partial charge is 0.349 e. The summed E-state index contributed by atoms with van der Waals surface area (Å²) in [5.74, 6) is -0.834. The van der Waals surface area contributed by atoms with Crippen molar-refractivity contribution in [2.24, 2.45) is 0 Å². The molecule has 0 aromatic carbocycles. The van der Waals surface area contributed by atoms with Crippen LogP contribution in [0.25, 0.3) is 0 Å². The van der Waals surface area contributed by atoms with Crippen molar-refractivity contribution in [3.05, 3.63) is 21.9 Å². The molecule has 2 rings (SSSR count). The number of nitrogens with zero attached hydrogens (tertiary/aromatic N) is 1. The zero-order valence-corrected chi connectivity index (χ0v) is 13.5. The second kappa shape index (κ2) is 6.15. The van der Waals surface area contributed by atoms with E-state index >= 15 is 0 Å². The van der Waals surface area contributed by atoms with E-state index in [0.29, 0.717) is 11.3 Å². The van der Waals surface area contributed by atoms with E-state index in [-0.39, 0.29) is 30.1 Å². The number of thiophene rings is 1. The average Bonchev–Trinajstić information content (AvgIpc) is 3.00. The Hall–Kier alpha value is -1.41. The molecule has 0 aliphatic carbocycles. The van der Waals surface area contributed by atoms with Crippen LogP contribution in [-0.4, -0.2) is 56.4 Å². The Morgan fingerprint density at radius 2 is 2.19 bits per heavy atom. The molecule has 1 aromatic heterocycles. The summed E-state index contributed by atoms with van der Waals surface area (Å²) in [6, 6.07) is 1.48. The van der Waals surface area contributed by atoms with Gasteiger partial charge in [0.15, 0.2) is 16.4 Å². The molecule has 1 saturated heterocycles. The van der Waals surface area contributed by atoms with E-state index in [0.717, 1.165) is 5.56 Å². The van der Waals surface area contributed by atoms with Crippen LogP contribution in [0.2, 0.25) is 0 Å². The number of likely N-dealkylation sites (N-methyl/N-ethyl adjacent to an activating group) is 1. The molecule has 0 spiro atoms. The number of aryl methyl sites for hydroxylation is 1. The molecule has 8 heteroatoms. The molecular weight excluding hydrogens is 314 g/mol. The van der Waals surface area contributed by atoms with Crippen LogP contribution in [0.4, 0.5) is 0 Å². The third-order valence-corrected chi connectivity index (χ3v) is 6.27. The van der Waals surface area contributed by atoms with Crippen LogP contribution < -0.4 is 0 Å². The lowest BCUT2D eigenvalue weighted by molar-refractivity contribution is -0.134. The highest BCUT2D eigenvalue weighted by Crippen LogP contribution is 2.18. The predicted molar refractivity (Wildman–Crippen MR) is 79.2 cm³/mol. The van der Waals surface area contributed by atoms with Crippen molar-refractivity contribution >= 4 is 33.1 Å². The summed E-state index contributed by atoms with van der Waals surface area (Å²) in [6.45, 7) is 1.42. The van der Waals surface area contributed by atoms with Gasteiger partial charge in [-0.2, -0.15) is 0 Å². The normalized spacial score (nSPS) is 20.2. The van der Waals surface area contributed by atoms with Crippen LogP contribution in [-0.2, 0) is 19.4 Å². The fraction of sp³-hybridized carbons (Fsp3) is 0.538. The van der Waals surface area contributed by atoms with Gasteiger partial charge in [0, 0.05) is 13.1 Å². The molecular formula is C13H17NO5S2. The molecule has 0 unspecified atom stereocenters. The summed E-state index contributed by atoms with van der Waals surface area (Å²) < 4.78 is 27.8. The fourth-order valence-electron chi connectivity index (χ4n) is 2.16. The Bertz CT molecular complexity index is 649. The molecule has 0 bridgehead atoms. The Morgan fingerprint density at radius 1 is 1.48 bits per heavy atom. The maximum absolute atomic E-state index is 12.0. The van der Waals surface area contributed by atoms with Crippen molar-refractivity contribution < 1.29 is 22.7 Å². The summed E-state index contributed by atoms with van der Waals surface area (Å²) in [4.78, 5) is 25.6. The highest BCUT2D eigenvalue weighted by Gasteiger charge is 2.33. The molecule has 116 valence electrons. The fourth-order valence-corrected chi connectivity index (χ4v) is 4.75. The molecule has 1 fully saturated rings. The predicted octanol–water partition coefficient (Wildman–Crippen LogP) is 0.859. The molecule has 0 radical (unpaired) electrons. The van der Waals surface area contributed by atoms with Gasteiger partial charge in [0.05, 0.1) is 11.5 Å². The number of amides is 1. The summed E-state index contributed by atoms with van der Waals surface area (Å²) in [6.07, 6.45) is 0.433. The van der Waals surface area contributed by atoms with E-state index in [1.165, 1.54) is 23.3 Å². The zero-order valence-electron chi connectivity index (χ0n) is 11.9. The molecule has 1 amide bonds. The van der Waals surface area contributed by atoms with E-state index in [4.69, 9.17) is 4.74 Å². The molecule has 2 heterocycles. The van der Waals surface area contributed by atoms with Crippen LogP contribution >= 0.6 is 11.3 Å². The zero-order chi connectivity index (χ0) is 15.6. The SMILES string of the molecule is Cc1ccsc1C(=O)OCC(=O)N(C)[C@H]1CCS(=O)(=O)C1. The van der Waals surface area contributed by atoms with Crippen LogP contribution in [0.3, 0.4) is 0 Å². The number of ether oxygens (including phenoxy) is 1. The van der Waals surface area contributed by atoms with Crippen LogP contribution in [0.15, 0.2) is 11.4 Å². The molecule has 1 aromatic rings. The molecule has 1 atom stereocenters. The minimum Gasteiger partial charge on any atom is -0.451 e. The number of rotatable bonds is 4. The minimum absolute atomic E-state index is 0.0206. The van der Waals surface area contributed by atoms with Crippen LogP contribution in [0.5, 0.6) is 0 Å². The summed E-state index contributed by atoms with van der Waals surface area (Å²) in [5, 5.41) is 1.78. The molecule has 1 aliphatic heterocycles. The molecule has 0 saturated carbocycles. The van der Waals surface area contributed by atoms with E-state index in [1.807, 2.05) is 0 Å². The van der Waals surface area contributed by atoms with Gasteiger partial charge in [0.1, 0.15) is 4.88 Å². The van der Waals surface area contributed by atoms with E-state index in [2.05, 4.69) is 0 Å². The maximum Gasteiger partial charge on any atom is 0.349 e. The van der Waals surface area contributed by atoms with Crippen LogP contribution in [0, 0.1) is 6.92 Å². The standard InChI is InChI=1S/C13H17NO5S2/c1-9-3-5-20-12(9)13(16)19-7-11(15)14(2)10-4-6-21(17,18)8-10/h3,5,10H,4,6-8H2,1-2H3/t10-/m0/s1. The van der Waals surface area contributed by atoms with E-state index in [9.17, 15) is 18.0 Å². The summed E-state index contributed by atoms with van der Waals surface area (Å²) >= 11 is 1.26. The highest BCUT2D eigenvalue weighted by molar-refractivity contribution is 7.91. The van der Waals surface area contributed by atoms with Crippen molar-refractivity contribution in [3.63, 3.8) is 0 Å². The quantitative estimate of drug-likeness (QED) is 0.765. The van der Waals surface area contributed by atoms with E-state index < -0.39 is 15.8 Å². The van der Waals surface area contributed by atoms with Gasteiger partial charge in [-0.15, -0.1) is 11.3 Å². The van der Waals surface area contributed by atoms with Gasteiger partial charge in [-0.3, -0.25) is 4.79 Å². The van der Waals surface area contributed by atoms with Gasteiger partial charge in [0.2, 0.25) is 0 Å². The summed E-state index contributed by atoms with van der Waals surface area (Å²) in [7, 11) is -1.51. The van der Waals surface area contributed by atoms with Gasteiger partial charge >= 0.3 is 5.97 Å². The highest BCUT2D eigenvalue weighted by atomic mass is 32.2. The second-order valence-electron chi connectivity index (χ2n) is 5.07. The number of hydrogen-bond donors (Lipinski definition) is 0. The van der Waals surface area contributed by atoms with Gasteiger partial charge < -0.3 is 9.64 Å². The number of hydrogen-bond acceptors (Lipinski definition) is 6. The minimum atomic E-state index is -3.05. The van der Waals surface area contributed by atoms with Crippen molar-refractivity contribution in [3.8, 4) is 0 Å². The lowest BCUT2D eigenvalue weighted by Gasteiger charge is -2.23. The largest absolute Gasteiger partial charge is 0.451 e. The van der Waals surface area contributed by atoms with Gasteiger partial charge in [-0.1, -0.05) is 0 Å². The van der Waals surface area contributed by atoms with Gasteiger partial charge in [0.25, 0.3) is 5.91 Å². The monoisotopic (exact) mass is 331 g/mol. The Morgan fingerprint density at radius 3 is 2.71 bits per heavy atom. The van der Waals surface area contributed by atoms with Gasteiger partial charge in [-0.25, -0.2) is 13.2 Å². The van der Waals surface area contributed by atoms with Gasteiger partial charge in [-0.05, 0) is 30.4 Å². The number of esters is 1. The first-order valence-corrected chi connectivity index (χ1v) is 9.17. The lowest BCUT2D eigenvalue weighted by Crippen LogP contribution is -2.40. The van der Waals surface area contributed by atoms with Crippen molar-refractivity contribution in [2.45, 2.75) is 19.4 Å². The molecule has 6 nitrogen and oxygen atoms in total.